The van der Waals surface area contributed by atoms with Gasteiger partial charge >= 0.3 is 11.9 Å². The van der Waals surface area contributed by atoms with E-state index >= 15 is 0 Å². The minimum absolute atomic E-state index is 0.0134. The molecule has 2 aromatic heterocycles. The molecule has 4 rings (SSSR count). The van der Waals surface area contributed by atoms with Crippen molar-refractivity contribution >= 4 is 45.8 Å². The third kappa shape index (κ3) is 6.86. The number of esters is 2. The highest BCUT2D eigenvalue weighted by molar-refractivity contribution is 6.14. The number of aromatic amines is 1. The first-order chi connectivity index (χ1) is 17.9. The van der Waals surface area contributed by atoms with Crippen LogP contribution in [0.15, 0.2) is 54.7 Å². The van der Waals surface area contributed by atoms with E-state index in [9.17, 15) is 9.59 Å². The van der Waals surface area contributed by atoms with Gasteiger partial charge in [0.1, 0.15) is 11.2 Å². The van der Waals surface area contributed by atoms with Crippen LogP contribution in [0.25, 0.3) is 33.8 Å². The van der Waals surface area contributed by atoms with E-state index < -0.39 is 17.2 Å². The fourth-order valence-corrected chi connectivity index (χ4v) is 4.15. The Hall–Kier alpha value is -3.97. The van der Waals surface area contributed by atoms with Crippen LogP contribution in [-0.4, -0.2) is 39.7 Å². The molecule has 4 aromatic rings. The van der Waals surface area contributed by atoms with Crippen molar-refractivity contribution in [2.24, 2.45) is 0 Å². The summed E-state index contributed by atoms with van der Waals surface area (Å²) in [5.41, 5.74) is 2.56. The molecule has 0 aliphatic rings. The molecule has 0 aliphatic carbocycles. The molecule has 38 heavy (non-hydrogen) atoms. The van der Waals surface area contributed by atoms with Gasteiger partial charge in [-0.15, -0.1) is 0 Å². The number of fused-ring (bicyclic) bond motifs is 3. The Morgan fingerprint density at radius 1 is 0.921 bits per heavy atom. The number of hydrogen-bond acceptors (Lipinski definition) is 6. The first-order valence-corrected chi connectivity index (χ1v) is 12.7. The summed E-state index contributed by atoms with van der Waals surface area (Å²) in [4.78, 5) is 33.5. The maximum absolute atomic E-state index is 13.3. The highest BCUT2D eigenvalue weighted by atomic mass is 16.6. The third-order valence-corrected chi connectivity index (χ3v) is 5.61. The van der Waals surface area contributed by atoms with Crippen LogP contribution in [0.1, 0.15) is 68.9 Å². The molecule has 0 saturated carbocycles. The predicted molar refractivity (Wildman–Crippen MR) is 152 cm³/mol. The molecule has 7 nitrogen and oxygen atoms in total. The molecule has 0 radical (unpaired) electrons. The van der Waals surface area contributed by atoms with Crippen molar-refractivity contribution in [2.75, 3.05) is 6.54 Å². The van der Waals surface area contributed by atoms with Gasteiger partial charge in [0.05, 0.1) is 23.3 Å². The quantitative estimate of drug-likeness (QED) is 0.283. The zero-order valence-corrected chi connectivity index (χ0v) is 22.8. The number of H-pyrrole nitrogens is 1. The van der Waals surface area contributed by atoms with Crippen LogP contribution >= 0.6 is 0 Å². The highest BCUT2D eigenvalue weighted by Crippen LogP contribution is 2.31. The average Bonchev–Trinajstić information content (AvgIpc) is 3.20. The van der Waals surface area contributed by atoms with Crippen LogP contribution in [-0.2, 0) is 20.8 Å². The molecule has 0 spiro atoms. The first-order valence-electron chi connectivity index (χ1n) is 12.7. The fourth-order valence-electron chi connectivity index (χ4n) is 4.15. The average molecular weight is 514 g/mol. The van der Waals surface area contributed by atoms with Crippen LogP contribution in [0, 0.1) is 0 Å². The maximum atomic E-state index is 13.3. The Labute approximate surface area is 223 Å². The van der Waals surface area contributed by atoms with Crippen molar-refractivity contribution in [3.63, 3.8) is 0 Å². The van der Waals surface area contributed by atoms with Crippen molar-refractivity contribution in [1.29, 1.82) is 0 Å². The monoisotopic (exact) mass is 513 g/mol. The van der Waals surface area contributed by atoms with E-state index in [0.29, 0.717) is 11.3 Å². The number of rotatable bonds is 7. The standard InChI is InChI=1S/C31H35N3O4/c1-30(2,3)37-26(35)19-32-18-25-27(29(36)38-31(4,5)6)23-15-13-21-17-33-22(16-24(21)28(23)34-25)14-12-20-10-8-7-9-11-20/h7-17,32,34H,18-19H2,1-6H3/b14-12+. The number of aromatic nitrogens is 2. The molecular weight excluding hydrogens is 478 g/mol. The number of benzene rings is 2. The predicted octanol–water partition coefficient (Wildman–Crippen LogP) is 6.27. The number of pyridine rings is 1. The lowest BCUT2D eigenvalue weighted by atomic mass is 10.0. The summed E-state index contributed by atoms with van der Waals surface area (Å²) in [5, 5.41) is 5.74. The van der Waals surface area contributed by atoms with Crippen molar-refractivity contribution in [2.45, 2.75) is 59.3 Å². The van der Waals surface area contributed by atoms with Gasteiger partial charge in [0.15, 0.2) is 0 Å². The van der Waals surface area contributed by atoms with Crippen molar-refractivity contribution in [3.05, 3.63) is 77.2 Å². The molecule has 0 atom stereocenters. The molecule has 0 unspecified atom stereocenters. The van der Waals surface area contributed by atoms with E-state index in [1.54, 1.807) is 0 Å². The maximum Gasteiger partial charge on any atom is 0.341 e. The Morgan fingerprint density at radius 3 is 2.32 bits per heavy atom. The Kier molecular flexibility index (Phi) is 7.69. The minimum Gasteiger partial charge on any atom is -0.459 e. The van der Waals surface area contributed by atoms with E-state index in [2.05, 4.69) is 15.3 Å². The first kappa shape index (κ1) is 27.1. The fraction of sp³-hybridized carbons (Fsp3) is 0.323. The number of hydrogen-bond donors (Lipinski definition) is 2. The van der Waals surface area contributed by atoms with Crippen molar-refractivity contribution < 1.29 is 19.1 Å². The second kappa shape index (κ2) is 10.8. The third-order valence-electron chi connectivity index (χ3n) is 5.61. The summed E-state index contributed by atoms with van der Waals surface area (Å²) in [6.45, 7) is 11.3. The topological polar surface area (TPSA) is 93.3 Å². The van der Waals surface area contributed by atoms with Crippen LogP contribution in [0.2, 0.25) is 0 Å². The minimum atomic E-state index is -0.655. The Bertz CT molecular complexity index is 1490. The number of ether oxygens (including phenoxy) is 2. The molecule has 2 N–H and O–H groups in total. The van der Waals surface area contributed by atoms with Crippen LogP contribution in [0.4, 0.5) is 0 Å². The molecular formula is C31H35N3O4. The van der Waals surface area contributed by atoms with Gasteiger partial charge in [-0.25, -0.2) is 4.79 Å². The summed E-state index contributed by atoms with van der Waals surface area (Å²) in [7, 11) is 0. The van der Waals surface area contributed by atoms with Crippen molar-refractivity contribution in [1.82, 2.24) is 15.3 Å². The Balaban J connectivity index is 1.72. The van der Waals surface area contributed by atoms with Gasteiger partial charge in [-0.2, -0.15) is 0 Å². The summed E-state index contributed by atoms with van der Waals surface area (Å²) >= 11 is 0. The lowest BCUT2D eigenvalue weighted by Crippen LogP contribution is -2.31. The van der Waals surface area contributed by atoms with Gasteiger partial charge in [-0.05, 0) is 59.2 Å². The van der Waals surface area contributed by atoms with Gasteiger partial charge in [-0.1, -0.05) is 48.5 Å². The van der Waals surface area contributed by atoms with Crippen LogP contribution in [0.3, 0.4) is 0 Å². The molecule has 198 valence electrons. The summed E-state index contributed by atoms with van der Waals surface area (Å²) in [5.74, 6) is -0.783. The van der Waals surface area contributed by atoms with Gasteiger partial charge < -0.3 is 19.8 Å². The molecule has 0 fully saturated rings. The molecule has 0 saturated heterocycles. The van der Waals surface area contributed by atoms with Crippen LogP contribution in [0.5, 0.6) is 0 Å². The SMILES string of the molecule is CC(C)(C)OC(=O)CNCc1[nH]c2c(ccc3cnc(/C=C/c4ccccc4)cc32)c1C(=O)OC(C)(C)C. The summed E-state index contributed by atoms with van der Waals surface area (Å²) < 4.78 is 11.1. The van der Waals surface area contributed by atoms with Gasteiger partial charge in [0.2, 0.25) is 0 Å². The molecule has 7 heteroatoms. The smallest absolute Gasteiger partial charge is 0.341 e. The van der Waals surface area contributed by atoms with E-state index in [1.165, 1.54) is 0 Å². The molecule has 2 heterocycles. The lowest BCUT2D eigenvalue weighted by molar-refractivity contribution is -0.153. The van der Waals surface area contributed by atoms with E-state index in [-0.39, 0.29) is 19.1 Å². The van der Waals surface area contributed by atoms with E-state index in [4.69, 9.17) is 9.47 Å². The van der Waals surface area contributed by atoms with Gasteiger partial charge in [0.25, 0.3) is 0 Å². The molecule has 2 aromatic carbocycles. The highest BCUT2D eigenvalue weighted by Gasteiger charge is 2.25. The molecule has 0 amide bonds. The molecule has 0 bridgehead atoms. The largest absolute Gasteiger partial charge is 0.459 e. The number of nitrogens with one attached hydrogen (secondary N) is 2. The van der Waals surface area contributed by atoms with E-state index in [0.717, 1.165) is 32.9 Å². The zero-order valence-electron chi connectivity index (χ0n) is 22.8. The van der Waals surface area contributed by atoms with Crippen LogP contribution < -0.4 is 5.32 Å². The second-order valence-electron chi connectivity index (χ2n) is 11.2. The van der Waals surface area contributed by atoms with Crippen molar-refractivity contribution in [3.8, 4) is 0 Å². The number of carbonyl (C=O) groups is 2. The Morgan fingerprint density at radius 2 is 1.63 bits per heavy atom. The lowest BCUT2D eigenvalue weighted by Gasteiger charge is -2.20. The number of nitrogens with zero attached hydrogens (tertiary/aromatic N) is 1. The zero-order chi connectivity index (χ0) is 27.5. The summed E-state index contributed by atoms with van der Waals surface area (Å²) in [6, 6.07) is 15.9. The number of carbonyl (C=O) groups excluding carboxylic acids is 2. The normalized spacial score (nSPS) is 12.4. The van der Waals surface area contributed by atoms with Gasteiger partial charge in [-0.3, -0.25) is 9.78 Å². The summed E-state index contributed by atoms with van der Waals surface area (Å²) in [6.07, 6.45) is 5.81. The van der Waals surface area contributed by atoms with Gasteiger partial charge in [0, 0.05) is 34.6 Å². The molecule has 0 aliphatic heterocycles. The second-order valence-corrected chi connectivity index (χ2v) is 11.2. The van der Waals surface area contributed by atoms with E-state index in [1.807, 2.05) is 108 Å².